The van der Waals surface area contributed by atoms with Gasteiger partial charge in [-0.25, -0.2) is 4.39 Å². The minimum absolute atomic E-state index is 0.0219. The molecule has 2 nitrogen and oxygen atoms in total. The van der Waals surface area contributed by atoms with Crippen molar-refractivity contribution in [3.8, 4) is 0 Å². The zero-order chi connectivity index (χ0) is 13.7. The lowest BCUT2D eigenvalue weighted by Gasteiger charge is -2.15. The van der Waals surface area contributed by atoms with Crippen LogP contribution in [0.15, 0.2) is 41.8 Å². The fourth-order valence-electron chi connectivity index (χ4n) is 1.81. The number of hydrogen-bond acceptors (Lipinski definition) is 3. The van der Waals surface area contributed by atoms with Crippen LogP contribution in [0.3, 0.4) is 0 Å². The number of halogens is 1. The number of nitrogens with zero attached hydrogens (tertiary/aromatic N) is 1. The van der Waals surface area contributed by atoms with Crippen molar-refractivity contribution in [2.45, 2.75) is 6.42 Å². The van der Waals surface area contributed by atoms with Crippen LogP contribution in [0.5, 0.6) is 0 Å². The van der Waals surface area contributed by atoms with Crippen molar-refractivity contribution in [2.24, 2.45) is 0 Å². The summed E-state index contributed by atoms with van der Waals surface area (Å²) in [5.41, 5.74) is 0.560. The van der Waals surface area contributed by atoms with Crippen LogP contribution in [-0.2, 0) is 6.42 Å². The number of likely N-dealkylation sites (N-methyl/N-ethyl adjacent to an activating group) is 1. The van der Waals surface area contributed by atoms with Crippen LogP contribution in [0, 0.1) is 5.82 Å². The monoisotopic (exact) mass is 277 g/mol. The maximum absolute atomic E-state index is 12.8. The molecule has 0 bridgehead atoms. The smallest absolute Gasteiger partial charge is 0.176 e. The third-order valence-corrected chi connectivity index (χ3v) is 3.84. The molecule has 0 saturated carbocycles. The van der Waals surface area contributed by atoms with Gasteiger partial charge in [0.05, 0.1) is 6.54 Å². The molecular weight excluding hydrogens is 261 g/mol. The van der Waals surface area contributed by atoms with Crippen molar-refractivity contribution in [3.63, 3.8) is 0 Å². The predicted octanol–water partition coefficient (Wildman–Crippen LogP) is 3.24. The zero-order valence-electron chi connectivity index (χ0n) is 10.8. The normalized spacial score (nSPS) is 10.9. The van der Waals surface area contributed by atoms with E-state index in [1.165, 1.54) is 29.1 Å². The van der Waals surface area contributed by atoms with Crippen LogP contribution >= 0.6 is 11.3 Å². The van der Waals surface area contributed by atoms with Crippen molar-refractivity contribution >= 4 is 17.1 Å². The average molecular weight is 277 g/mol. The zero-order valence-corrected chi connectivity index (χ0v) is 11.6. The number of hydrogen-bond donors (Lipinski definition) is 0. The van der Waals surface area contributed by atoms with Crippen molar-refractivity contribution in [3.05, 3.63) is 58.0 Å². The van der Waals surface area contributed by atoms with Gasteiger partial charge in [0.25, 0.3) is 0 Å². The van der Waals surface area contributed by atoms with Crippen LogP contribution in [0.2, 0.25) is 0 Å². The highest BCUT2D eigenvalue weighted by molar-refractivity contribution is 7.09. The molecule has 19 heavy (non-hydrogen) atoms. The molecule has 0 aliphatic rings. The molecule has 4 heteroatoms. The molecule has 0 atom stereocenters. The molecule has 0 amide bonds. The number of carbonyl (C=O) groups excluding carboxylic acids is 1. The maximum atomic E-state index is 12.8. The Morgan fingerprint density at radius 3 is 2.63 bits per heavy atom. The van der Waals surface area contributed by atoms with Crippen molar-refractivity contribution in [2.75, 3.05) is 20.1 Å². The summed E-state index contributed by atoms with van der Waals surface area (Å²) in [5, 5.41) is 2.05. The summed E-state index contributed by atoms with van der Waals surface area (Å²) in [6, 6.07) is 9.83. The van der Waals surface area contributed by atoms with Gasteiger partial charge in [-0.1, -0.05) is 6.07 Å². The topological polar surface area (TPSA) is 20.3 Å². The molecule has 1 aromatic heterocycles. The van der Waals surface area contributed by atoms with Crippen molar-refractivity contribution in [1.82, 2.24) is 4.90 Å². The van der Waals surface area contributed by atoms with Gasteiger partial charge in [-0.2, -0.15) is 0 Å². The highest BCUT2D eigenvalue weighted by atomic mass is 32.1. The summed E-state index contributed by atoms with van der Waals surface area (Å²) in [7, 11) is 1.93. The Hall–Kier alpha value is -1.52. The molecule has 2 aromatic rings. The van der Waals surface area contributed by atoms with Gasteiger partial charge in [-0.05, 0) is 49.2 Å². The summed E-state index contributed by atoms with van der Waals surface area (Å²) < 4.78 is 12.8. The van der Waals surface area contributed by atoms with E-state index in [0.717, 1.165) is 13.0 Å². The van der Waals surface area contributed by atoms with Crippen LogP contribution in [0.4, 0.5) is 4.39 Å². The molecule has 100 valence electrons. The second-order valence-electron chi connectivity index (χ2n) is 4.50. The third kappa shape index (κ3) is 4.26. The van der Waals surface area contributed by atoms with E-state index in [-0.39, 0.29) is 11.6 Å². The molecule has 0 unspecified atom stereocenters. The second kappa shape index (κ2) is 6.59. The number of benzene rings is 1. The summed E-state index contributed by atoms with van der Waals surface area (Å²) >= 11 is 1.73. The highest BCUT2D eigenvalue weighted by Crippen LogP contribution is 2.10. The van der Waals surface area contributed by atoms with Gasteiger partial charge >= 0.3 is 0 Å². The lowest BCUT2D eigenvalue weighted by atomic mass is 10.1. The fourth-order valence-corrected chi connectivity index (χ4v) is 2.51. The van der Waals surface area contributed by atoms with E-state index < -0.39 is 0 Å². The van der Waals surface area contributed by atoms with Crippen molar-refractivity contribution in [1.29, 1.82) is 0 Å². The minimum Gasteiger partial charge on any atom is -0.299 e. The third-order valence-electron chi connectivity index (χ3n) is 2.90. The Morgan fingerprint density at radius 1 is 1.26 bits per heavy atom. The van der Waals surface area contributed by atoms with E-state index in [2.05, 4.69) is 11.4 Å². The molecule has 1 aromatic carbocycles. The van der Waals surface area contributed by atoms with Crippen LogP contribution in [0.25, 0.3) is 0 Å². The Kier molecular flexibility index (Phi) is 4.82. The van der Waals surface area contributed by atoms with E-state index in [1.807, 2.05) is 18.0 Å². The number of Topliss-reactive ketones (excluding diaryl/α,β-unsaturated/α-hetero) is 1. The molecule has 0 radical (unpaired) electrons. The molecule has 0 spiro atoms. The molecule has 2 rings (SSSR count). The Balaban J connectivity index is 1.83. The van der Waals surface area contributed by atoms with E-state index in [0.29, 0.717) is 12.1 Å². The van der Waals surface area contributed by atoms with Gasteiger partial charge in [0.2, 0.25) is 0 Å². The Bertz CT molecular complexity index is 522. The van der Waals surface area contributed by atoms with E-state index in [4.69, 9.17) is 0 Å². The van der Waals surface area contributed by atoms with Gasteiger partial charge in [-0.15, -0.1) is 11.3 Å². The second-order valence-corrected chi connectivity index (χ2v) is 5.53. The summed E-state index contributed by atoms with van der Waals surface area (Å²) in [5.74, 6) is -0.295. The fraction of sp³-hybridized carbons (Fsp3) is 0.267. The molecule has 0 aliphatic heterocycles. The van der Waals surface area contributed by atoms with Gasteiger partial charge in [0.1, 0.15) is 5.82 Å². The van der Waals surface area contributed by atoms with E-state index in [9.17, 15) is 9.18 Å². The minimum atomic E-state index is -0.317. The van der Waals surface area contributed by atoms with Gasteiger partial charge in [-0.3, -0.25) is 9.69 Å². The maximum Gasteiger partial charge on any atom is 0.176 e. The Morgan fingerprint density at radius 2 is 2.00 bits per heavy atom. The molecule has 1 heterocycles. The Labute approximate surface area is 116 Å². The van der Waals surface area contributed by atoms with Gasteiger partial charge < -0.3 is 0 Å². The number of thiophene rings is 1. The SMILES string of the molecule is CN(CCc1cccs1)CC(=O)c1ccc(F)cc1. The van der Waals surface area contributed by atoms with E-state index >= 15 is 0 Å². The first-order chi connectivity index (χ1) is 9.15. The van der Waals surface area contributed by atoms with Crippen LogP contribution in [0.1, 0.15) is 15.2 Å². The average Bonchev–Trinajstić information content (AvgIpc) is 2.90. The van der Waals surface area contributed by atoms with Crippen molar-refractivity contribution < 1.29 is 9.18 Å². The first-order valence-corrected chi connectivity index (χ1v) is 7.03. The predicted molar refractivity (Wildman–Crippen MR) is 76.3 cm³/mol. The molecular formula is C15H16FNOS. The lowest BCUT2D eigenvalue weighted by Crippen LogP contribution is -2.27. The van der Waals surface area contributed by atoms with E-state index in [1.54, 1.807) is 11.3 Å². The number of rotatable bonds is 6. The van der Waals surface area contributed by atoms with Crippen LogP contribution in [-0.4, -0.2) is 30.8 Å². The number of ketones is 1. The first-order valence-electron chi connectivity index (χ1n) is 6.15. The van der Waals surface area contributed by atoms with Crippen LogP contribution < -0.4 is 0 Å². The molecule has 0 N–H and O–H groups in total. The largest absolute Gasteiger partial charge is 0.299 e. The molecule has 0 saturated heterocycles. The molecule has 0 fully saturated rings. The first kappa shape index (κ1) is 13.9. The number of carbonyl (C=O) groups is 1. The van der Waals surface area contributed by atoms with Gasteiger partial charge in [0, 0.05) is 17.0 Å². The summed E-state index contributed by atoms with van der Waals surface area (Å²) in [6.07, 6.45) is 0.949. The molecule has 0 aliphatic carbocycles. The summed E-state index contributed by atoms with van der Waals surface area (Å²) in [4.78, 5) is 15.3. The standard InChI is InChI=1S/C15H16FNOS/c1-17(9-8-14-3-2-10-19-14)11-15(18)12-4-6-13(16)7-5-12/h2-7,10H,8-9,11H2,1H3. The quantitative estimate of drug-likeness (QED) is 0.755. The lowest BCUT2D eigenvalue weighted by molar-refractivity contribution is 0.0947. The summed E-state index contributed by atoms with van der Waals surface area (Å²) in [6.45, 7) is 1.20. The van der Waals surface area contributed by atoms with Gasteiger partial charge in [0.15, 0.2) is 5.78 Å². The highest BCUT2D eigenvalue weighted by Gasteiger charge is 2.09.